The van der Waals surface area contributed by atoms with Crippen molar-refractivity contribution in [3.05, 3.63) is 23.8 Å². The smallest absolute Gasteiger partial charge is 0.240 e. The second-order valence-electron chi connectivity index (χ2n) is 6.86. The third kappa shape index (κ3) is 5.32. The average Bonchev–Trinajstić information content (AvgIpc) is 2.46. The van der Waals surface area contributed by atoms with Crippen LogP contribution in [0.25, 0.3) is 0 Å². The van der Waals surface area contributed by atoms with Gasteiger partial charge in [0.1, 0.15) is 17.1 Å². The van der Waals surface area contributed by atoms with Gasteiger partial charge in [0.05, 0.1) is 0 Å². The molecule has 4 nitrogen and oxygen atoms in total. The first-order valence-electron chi connectivity index (χ1n) is 8.01. The third-order valence-corrected chi connectivity index (χ3v) is 3.78. The van der Waals surface area contributed by atoms with E-state index in [9.17, 15) is 13.9 Å². The lowest BCUT2D eigenvalue weighted by Gasteiger charge is -2.35. The standard InChI is InChI=1S/C17H26F2N2O2/c1-17(2,3)23-12-4-5-15(22)13(10-12)14(11-16(18)19)21-8-6-20-7-9-21/h4-5,10,14,16,20,22H,6-9,11H2,1-3H3/t14-/m1/s1. The molecule has 0 saturated carbocycles. The van der Waals surface area contributed by atoms with Crippen LogP contribution in [0.1, 0.15) is 38.8 Å². The summed E-state index contributed by atoms with van der Waals surface area (Å²) in [6.07, 6.45) is -2.73. The average molecular weight is 328 g/mol. The van der Waals surface area contributed by atoms with E-state index in [0.717, 1.165) is 13.1 Å². The van der Waals surface area contributed by atoms with Gasteiger partial charge in [-0.3, -0.25) is 4.90 Å². The second kappa shape index (κ2) is 7.45. The molecule has 0 spiro atoms. The zero-order valence-corrected chi connectivity index (χ0v) is 14.0. The molecule has 1 aromatic carbocycles. The molecule has 2 N–H and O–H groups in total. The molecule has 1 aliphatic heterocycles. The SMILES string of the molecule is CC(C)(C)Oc1ccc(O)c([C@@H](CC(F)F)N2CCNCC2)c1. The number of ether oxygens (including phenoxy) is 1. The predicted octanol–water partition coefficient (Wildman–Crippen LogP) is 3.17. The summed E-state index contributed by atoms with van der Waals surface area (Å²) in [5.74, 6) is 0.621. The van der Waals surface area contributed by atoms with Crippen molar-refractivity contribution in [3.8, 4) is 11.5 Å². The molecular formula is C17H26F2N2O2. The molecule has 1 aromatic rings. The van der Waals surface area contributed by atoms with Crippen LogP contribution < -0.4 is 10.1 Å². The Balaban J connectivity index is 2.30. The minimum atomic E-state index is -2.43. The predicted molar refractivity (Wildman–Crippen MR) is 86.3 cm³/mol. The highest BCUT2D eigenvalue weighted by Gasteiger charge is 2.28. The van der Waals surface area contributed by atoms with Gasteiger partial charge in [-0.15, -0.1) is 0 Å². The van der Waals surface area contributed by atoms with E-state index in [1.807, 2.05) is 25.7 Å². The van der Waals surface area contributed by atoms with Crippen LogP contribution in [0.4, 0.5) is 8.78 Å². The molecule has 0 aliphatic carbocycles. The summed E-state index contributed by atoms with van der Waals surface area (Å²) in [4.78, 5) is 2.00. The van der Waals surface area contributed by atoms with E-state index in [4.69, 9.17) is 4.74 Å². The van der Waals surface area contributed by atoms with Gasteiger partial charge >= 0.3 is 0 Å². The summed E-state index contributed by atoms with van der Waals surface area (Å²) >= 11 is 0. The molecule has 1 atom stereocenters. The van der Waals surface area contributed by atoms with Crippen molar-refractivity contribution in [1.29, 1.82) is 0 Å². The minimum absolute atomic E-state index is 0.0374. The van der Waals surface area contributed by atoms with Crippen molar-refractivity contribution in [2.24, 2.45) is 0 Å². The zero-order chi connectivity index (χ0) is 17.0. The van der Waals surface area contributed by atoms with Crippen molar-refractivity contribution in [2.45, 2.75) is 45.3 Å². The summed E-state index contributed by atoms with van der Waals surface area (Å²) in [6, 6.07) is 4.37. The number of phenols is 1. The molecule has 0 radical (unpaired) electrons. The number of nitrogens with one attached hydrogen (secondary N) is 1. The van der Waals surface area contributed by atoms with Gasteiger partial charge in [-0.2, -0.15) is 0 Å². The van der Waals surface area contributed by atoms with Crippen molar-refractivity contribution in [3.63, 3.8) is 0 Å². The van der Waals surface area contributed by atoms with E-state index in [1.165, 1.54) is 6.07 Å². The van der Waals surface area contributed by atoms with Gasteiger partial charge < -0.3 is 15.2 Å². The highest BCUT2D eigenvalue weighted by molar-refractivity contribution is 5.41. The molecule has 130 valence electrons. The van der Waals surface area contributed by atoms with E-state index >= 15 is 0 Å². The van der Waals surface area contributed by atoms with Crippen LogP contribution >= 0.6 is 0 Å². The molecule has 0 aromatic heterocycles. The maximum absolute atomic E-state index is 13.1. The number of hydrogen-bond donors (Lipinski definition) is 2. The van der Waals surface area contributed by atoms with E-state index in [-0.39, 0.29) is 17.8 Å². The van der Waals surface area contributed by atoms with Gasteiger partial charge in [-0.25, -0.2) is 8.78 Å². The summed E-state index contributed by atoms with van der Waals surface area (Å²) in [7, 11) is 0. The zero-order valence-electron chi connectivity index (χ0n) is 14.0. The summed E-state index contributed by atoms with van der Waals surface area (Å²) in [5, 5.41) is 13.4. The molecule has 1 fully saturated rings. The molecule has 1 saturated heterocycles. The molecule has 6 heteroatoms. The fourth-order valence-corrected chi connectivity index (χ4v) is 2.85. The van der Waals surface area contributed by atoms with Crippen LogP contribution in [0.3, 0.4) is 0 Å². The Morgan fingerprint density at radius 2 is 1.91 bits per heavy atom. The number of phenolic OH excluding ortho intramolecular Hbond substituents is 1. The van der Waals surface area contributed by atoms with E-state index in [0.29, 0.717) is 24.4 Å². The van der Waals surface area contributed by atoms with Crippen LogP contribution in [0.5, 0.6) is 11.5 Å². The number of alkyl halides is 2. The monoisotopic (exact) mass is 328 g/mol. The fourth-order valence-electron chi connectivity index (χ4n) is 2.85. The van der Waals surface area contributed by atoms with Gasteiger partial charge in [-0.1, -0.05) is 0 Å². The largest absolute Gasteiger partial charge is 0.508 e. The molecular weight excluding hydrogens is 302 g/mol. The van der Waals surface area contributed by atoms with E-state index in [2.05, 4.69) is 5.32 Å². The molecule has 0 bridgehead atoms. The van der Waals surface area contributed by atoms with Crippen LogP contribution in [-0.4, -0.2) is 48.2 Å². The summed E-state index contributed by atoms with van der Waals surface area (Å²) in [6.45, 7) is 8.66. The topological polar surface area (TPSA) is 44.7 Å². The Morgan fingerprint density at radius 3 is 2.48 bits per heavy atom. The highest BCUT2D eigenvalue weighted by Crippen LogP contribution is 2.36. The minimum Gasteiger partial charge on any atom is -0.508 e. The Kier molecular flexibility index (Phi) is 5.81. The van der Waals surface area contributed by atoms with Gasteiger partial charge in [-0.05, 0) is 39.0 Å². The van der Waals surface area contributed by atoms with Crippen molar-refractivity contribution in [2.75, 3.05) is 26.2 Å². The lowest BCUT2D eigenvalue weighted by atomic mass is 9.99. The van der Waals surface area contributed by atoms with E-state index in [1.54, 1.807) is 12.1 Å². The number of nitrogens with zero attached hydrogens (tertiary/aromatic N) is 1. The maximum atomic E-state index is 13.1. The fraction of sp³-hybridized carbons (Fsp3) is 0.647. The molecule has 23 heavy (non-hydrogen) atoms. The first-order chi connectivity index (χ1) is 10.8. The molecule has 0 unspecified atom stereocenters. The summed E-state index contributed by atoms with van der Waals surface area (Å²) in [5.41, 5.74) is 0.121. The number of hydrogen-bond acceptors (Lipinski definition) is 4. The first kappa shape index (κ1) is 17.9. The number of halogens is 2. The maximum Gasteiger partial charge on any atom is 0.240 e. The van der Waals surface area contributed by atoms with Crippen LogP contribution in [0, 0.1) is 0 Å². The number of piperazine rings is 1. The normalized spacial score (nSPS) is 18.2. The van der Waals surface area contributed by atoms with Crippen LogP contribution in [-0.2, 0) is 0 Å². The van der Waals surface area contributed by atoms with Gasteiger partial charge in [0.15, 0.2) is 0 Å². The molecule has 2 rings (SSSR count). The highest BCUT2D eigenvalue weighted by atomic mass is 19.3. The Bertz CT molecular complexity index is 512. The van der Waals surface area contributed by atoms with Crippen LogP contribution in [0.2, 0.25) is 0 Å². The molecule has 1 heterocycles. The van der Waals surface area contributed by atoms with Gasteiger partial charge in [0, 0.05) is 44.2 Å². The number of rotatable bonds is 5. The number of benzene rings is 1. The summed E-state index contributed by atoms with van der Waals surface area (Å²) < 4.78 is 32.0. The number of aromatic hydroxyl groups is 1. The Hall–Kier alpha value is -1.40. The van der Waals surface area contributed by atoms with Gasteiger partial charge in [0.25, 0.3) is 0 Å². The quantitative estimate of drug-likeness (QED) is 0.871. The van der Waals surface area contributed by atoms with E-state index < -0.39 is 12.5 Å². The van der Waals surface area contributed by atoms with Crippen molar-refractivity contribution in [1.82, 2.24) is 10.2 Å². The Morgan fingerprint density at radius 1 is 1.26 bits per heavy atom. The Labute approximate surface area is 136 Å². The third-order valence-electron chi connectivity index (χ3n) is 3.78. The second-order valence-corrected chi connectivity index (χ2v) is 6.86. The van der Waals surface area contributed by atoms with Crippen molar-refractivity contribution >= 4 is 0 Å². The lowest BCUT2D eigenvalue weighted by molar-refractivity contribution is 0.0724. The van der Waals surface area contributed by atoms with Crippen LogP contribution in [0.15, 0.2) is 18.2 Å². The lowest BCUT2D eigenvalue weighted by Crippen LogP contribution is -2.45. The van der Waals surface area contributed by atoms with Crippen molar-refractivity contribution < 1.29 is 18.6 Å². The van der Waals surface area contributed by atoms with Gasteiger partial charge in [0.2, 0.25) is 6.43 Å². The first-order valence-corrected chi connectivity index (χ1v) is 8.01. The molecule has 1 aliphatic rings. The molecule has 0 amide bonds.